The Labute approximate surface area is 93.2 Å². The van der Waals surface area contributed by atoms with E-state index in [4.69, 9.17) is 14.4 Å². The zero-order valence-electron chi connectivity index (χ0n) is 9.00. The van der Waals surface area contributed by atoms with E-state index in [0.29, 0.717) is 11.9 Å². The van der Waals surface area contributed by atoms with Gasteiger partial charge in [0, 0.05) is 12.6 Å². The van der Waals surface area contributed by atoms with Crippen molar-refractivity contribution in [3.63, 3.8) is 0 Å². The fourth-order valence-electron chi connectivity index (χ4n) is 2.44. The molecule has 3 heterocycles. The standard InChI is InChI=1S/C10H15N3O3/c14-5-9-11-10(12-16-9)8-4-13-3-1-2-7(13)6-15-8/h7-8,14H,1-6H2/t7-,8+/m0/s1. The van der Waals surface area contributed by atoms with E-state index < -0.39 is 0 Å². The van der Waals surface area contributed by atoms with Gasteiger partial charge in [-0.25, -0.2) is 0 Å². The zero-order chi connectivity index (χ0) is 11.0. The molecule has 0 saturated carbocycles. The number of fused-ring (bicyclic) bond motifs is 1. The molecule has 0 amide bonds. The summed E-state index contributed by atoms with van der Waals surface area (Å²) in [5, 5.41) is 12.7. The molecule has 0 radical (unpaired) electrons. The normalized spacial score (nSPS) is 30.6. The summed E-state index contributed by atoms with van der Waals surface area (Å²) in [6, 6.07) is 0.570. The lowest BCUT2D eigenvalue weighted by Crippen LogP contribution is -2.42. The smallest absolute Gasteiger partial charge is 0.252 e. The van der Waals surface area contributed by atoms with E-state index >= 15 is 0 Å². The van der Waals surface area contributed by atoms with Crippen molar-refractivity contribution in [2.24, 2.45) is 0 Å². The van der Waals surface area contributed by atoms with Crippen molar-refractivity contribution in [1.82, 2.24) is 15.0 Å². The topological polar surface area (TPSA) is 71.6 Å². The molecule has 0 aliphatic carbocycles. The predicted octanol–water partition coefficient (Wildman–Crippen LogP) is 0.0976. The zero-order valence-corrected chi connectivity index (χ0v) is 9.00. The summed E-state index contributed by atoms with van der Waals surface area (Å²) in [4.78, 5) is 6.51. The van der Waals surface area contributed by atoms with Crippen LogP contribution in [0.4, 0.5) is 0 Å². The van der Waals surface area contributed by atoms with Crippen LogP contribution in [0.5, 0.6) is 0 Å². The molecule has 2 aliphatic rings. The van der Waals surface area contributed by atoms with Gasteiger partial charge in [0.15, 0.2) is 0 Å². The van der Waals surface area contributed by atoms with Gasteiger partial charge in [-0.1, -0.05) is 5.16 Å². The number of aliphatic hydroxyl groups is 1. The van der Waals surface area contributed by atoms with Gasteiger partial charge in [-0.15, -0.1) is 0 Å². The molecule has 0 bridgehead atoms. The molecule has 1 aromatic rings. The first-order valence-electron chi connectivity index (χ1n) is 5.66. The van der Waals surface area contributed by atoms with Crippen LogP contribution >= 0.6 is 0 Å². The minimum atomic E-state index is -0.216. The van der Waals surface area contributed by atoms with Crippen LogP contribution < -0.4 is 0 Å². The lowest BCUT2D eigenvalue weighted by Gasteiger charge is -2.33. The third-order valence-corrected chi connectivity index (χ3v) is 3.30. The third kappa shape index (κ3) is 1.73. The highest BCUT2D eigenvalue weighted by molar-refractivity contribution is 4.96. The quantitative estimate of drug-likeness (QED) is 0.769. The third-order valence-electron chi connectivity index (χ3n) is 3.30. The highest BCUT2D eigenvalue weighted by Gasteiger charge is 2.34. The Hall–Kier alpha value is -0.980. The number of hydrogen-bond donors (Lipinski definition) is 1. The fourth-order valence-corrected chi connectivity index (χ4v) is 2.44. The predicted molar refractivity (Wildman–Crippen MR) is 53.5 cm³/mol. The van der Waals surface area contributed by atoms with Crippen molar-refractivity contribution in [3.8, 4) is 0 Å². The Kier molecular flexibility index (Phi) is 2.62. The summed E-state index contributed by atoms with van der Waals surface area (Å²) < 4.78 is 10.6. The largest absolute Gasteiger partial charge is 0.387 e. The van der Waals surface area contributed by atoms with Crippen LogP contribution in [0.15, 0.2) is 4.52 Å². The van der Waals surface area contributed by atoms with Gasteiger partial charge in [0.2, 0.25) is 5.82 Å². The van der Waals surface area contributed by atoms with Crippen LogP contribution in [0.1, 0.15) is 30.7 Å². The Morgan fingerprint density at radius 3 is 3.25 bits per heavy atom. The first kappa shape index (κ1) is 10.2. The molecule has 16 heavy (non-hydrogen) atoms. The summed E-state index contributed by atoms with van der Waals surface area (Å²) in [6.45, 7) is 2.49. The molecule has 6 nitrogen and oxygen atoms in total. The van der Waals surface area contributed by atoms with Crippen LogP contribution in [-0.2, 0) is 11.3 Å². The van der Waals surface area contributed by atoms with Crippen molar-refractivity contribution in [2.75, 3.05) is 19.7 Å². The van der Waals surface area contributed by atoms with E-state index in [2.05, 4.69) is 15.0 Å². The van der Waals surface area contributed by atoms with E-state index in [1.165, 1.54) is 12.8 Å². The average molecular weight is 225 g/mol. The number of nitrogens with zero attached hydrogens (tertiary/aromatic N) is 3. The Balaban J connectivity index is 1.71. The summed E-state index contributed by atoms with van der Waals surface area (Å²) in [6.07, 6.45) is 2.36. The SMILES string of the molecule is OCc1nc([C@H]2CN3CCC[C@H]3CO2)no1. The lowest BCUT2D eigenvalue weighted by atomic mass is 10.2. The molecule has 0 unspecified atom stereocenters. The van der Waals surface area contributed by atoms with Crippen LogP contribution in [0.3, 0.4) is 0 Å². The monoisotopic (exact) mass is 225 g/mol. The van der Waals surface area contributed by atoms with Gasteiger partial charge in [0.05, 0.1) is 6.61 Å². The van der Waals surface area contributed by atoms with E-state index in [1.54, 1.807) is 0 Å². The summed E-state index contributed by atoms with van der Waals surface area (Å²) in [7, 11) is 0. The molecule has 2 atom stereocenters. The number of ether oxygens (including phenoxy) is 1. The Morgan fingerprint density at radius 1 is 1.50 bits per heavy atom. The molecular weight excluding hydrogens is 210 g/mol. The second kappa shape index (κ2) is 4.12. The molecule has 88 valence electrons. The molecule has 2 aliphatic heterocycles. The number of aliphatic hydroxyl groups excluding tert-OH is 1. The second-order valence-electron chi connectivity index (χ2n) is 4.32. The van der Waals surface area contributed by atoms with Crippen molar-refractivity contribution >= 4 is 0 Å². The molecule has 0 spiro atoms. The van der Waals surface area contributed by atoms with Gasteiger partial charge in [0.25, 0.3) is 5.89 Å². The van der Waals surface area contributed by atoms with Gasteiger partial charge in [-0.3, -0.25) is 4.90 Å². The van der Waals surface area contributed by atoms with Crippen molar-refractivity contribution in [2.45, 2.75) is 31.6 Å². The minimum absolute atomic E-state index is 0.113. The van der Waals surface area contributed by atoms with Gasteiger partial charge in [-0.2, -0.15) is 4.98 Å². The van der Waals surface area contributed by atoms with E-state index in [-0.39, 0.29) is 18.6 Å². The molecule has 3 rings (SSSR count). The minimum Gasteiger partial charge on any atom is -0.387 e. The number of hydrogen-bond acceptors (Lipinski definition) is 6. The molecule has 1 N–H and O–H groups in total. The first-order chi connectivity index (χ1) is 7.86. The maximum atomic E-state index is 8.85. The van der Waals surface area contributed by atoms with E-state index in [0.717, 1.165) is 19.7 Å². The highest BCUT2D eigenvalue weighted by atomic mass is 16.5. The molecule has 1 aromatic heterocycles. The van der Waals surface area contributed by atoms with Crippen LogP contribution in [0.2, 0.25) is 0 Å². The number of aromatic nitrogens is 2. The van der Waals surface area contributed by atoms with Gasteiger partial charge in [0.1, 0.15) is 12.7 Å². The molecule has 0 aromatic carbocycles. The number of rotatable bonds is 2. The van der Waals surface area contributed by atoms with Crippen molar-refractivity contribution in [1.29, 1.82) is 0 Å². The summed E-state index contributed by atoms with van der Waals surface area (Å²) >= 11 is 0. The maximum Gasteiger partial charge on any atom is 0.252 e. The lowest BCUT2D eigenvalue weighted by molar-refractivity contribution is -0.0548. The van der Waals surface area contributed by atoms with Crippen LogP contribution in [0, 0.1) is 0 Å². The van der Waals surface area contributed by atoms with Gasteiger partial charge in [-0.05, 0) is 19.4 Å². The molecule has 6 heteroatoms. The van der Waals surface area contributed by atoms with Crippen LogP contribution in [0.25, 0.3) is 0 Å². The molecule has 2 saturated heterocycles. The van der Waals surface area contributed by atoms with E-state index in [9.17, 15) is 0 Å². The van der Waals surface area contributed by atoms with Gasteiger partial charge < -0.3 is 14.4 Å². The van der Waals surface area contributed by atoms with Crippen LogP contribution in [-0.4, -0.2) is 45.9 Å². The highest BCUT2D eigenvalue weighted by Crippen LogP contribution is 2.28. The fraction of sp³-hybridized carbons (Fsp3) is 0.800. The van der Waals surface area contributed by atoms with Crippen molar-refractivity contribution in [3.05, 3.63) is 11.7 Å². The first-order valence-corrected chi connectivity index (χ1v) is 5.66. The van der Waals surface area contributed by atoms with E-state index in [1.807, 2.05) is 0 Å². The van der Waals surface area contributed by atoms with Gasteiger partial charge >= 0.3 is 0 Å². The number of morpholine rings is 1. The maximum absolute atomic E-state index is 8.85. The van der Waals surface area contributed by atoms with Crippen molar-refractivity contribution < 1.29 is 14.4 Å². The average Bonchev–Trinajstić information content (AvgIpc) is 2.96. The Bertz CT molecular complexity index is 368. The molecular formula is C10H15N3O3. The Morgan fingerprint density at radius 2 is 2.44 bits per heavy atom. The second-order valence-corrected chi connectivity index (χ2v) is 4.32. The summed E-state index contributed by atoms with van der Waals surface area (Å²) in [5.74, 6) is 0.802. The summed E-state index contributed by atoms with van der Waals surface area (Å²) in [5.41, 5.74) is 0. The molecule has 2 fully saturated rings.